The summed E-state index contributed by atoms with van der Waals surface area (Å²) >= 11 is 0. The van der Waals surface area contributed by atoms with Crippen LogP contribution in [0.3, 0.4) is 0 Å². The van der Waals surface area contributed by atoms with Gasteiger partial charge in [0.15, 0.2) is 20.9 Å². The van der Waals surface area contributed by atoms with Gasteiger partial charge < -0.3 is 4.74 Å². The molecule has 2 heterocycles. The average Bonchev–Trinajstić information content (AvgIpc) is 2.88. The van der Waals surface area contributed by atoms with Gasteiger partial charge in [0.1, 0.15) is 0 Å². The van der Waals surface area contributed by atoms with E-state index >= 15 is 0 Å². The Balaban J connectivity index is 1.39. The maximum atomic E-state index is 12.9. The van der Waals surface area contributed by atoms with Gasteiger partial charge in [-0.2, -0.15) is 0 Å². The number of hydrogen-bond donors (Lipinski definition) is 1. The van der Waals surface area contributed by atoms with Gasteiger partial charge in [-0.15, -0.1) is 0 Å². The van der Waals surface area contributed by atoms with Crippen molar-refractivity contribution in [2.45, 2.75) is 43.6 Å². The fourth-order valence-corrected chi connectivity index (χ4v) is 5.24. The molecular formula is C27H34N2O5S. The van der Waals surface area contributed by atoms with E-state index < -0.39 is 26.8 Å². The SMILES string of the molecule is CC(CN1CC=C(c2ccc(-c3ccccc3)cc2)CC1)(C(=O)NOC1CCCCO1)S(C)(=O)=O. The number of nitrogens with zero attached hydrogens (tertiary/aromatic N) is 1. The third-order valence-corrected chi connectivity index (χ3v) is 8.85. The first-order chi connectivity index (χ1) is 16.8. The van der Waals surface area contributed by atoms with Crippen molar-refractivity contribution in [2.75, 3.05) is 32.5 Å². The van der Waals surface area contributed by atoms with Crippen LogP contribution in [0, 0.1) is 0 Å². The first kappa shape index (κ1) is 25.6. The van der Waals surface area contributed by atoms with Gasteiger partial charge in [-0.1, -0.05) is 60.7 Å². The minimum absolute atomic E-state index is 0.0866. The van der Waals surface area contributed by atoms with Gasteiger partial charge in [0.25, 0.3) is 5.91 Å². The molecule has 4 rings (SSSR count). The third kappa shape index (κ3) is 6.19. The van der Waals surface area contributed by atoms with E-state index in [4.69, 9.17) is 9.57 Å². The molecule has 2 aliphatic heterocycles. The Morgan fingerprint density at radius 2 is 1.77 bits per heavy atom. The summed E-state index contributed by atoms with van der Waals surface area (Å²) in [5.41, 5.74) is 7.09. The minimum Gasteiger partial charge on any atom is -0.350 e. The predicted octanol–water partition coefficient (Wildman–Crippen LogP) is 3.82. The third-order valence-electron chi connectivity index (χ3n) is 6.90. The van der Waals surface area contributed by atoms with Crippen LogP contribution in [-0.2, 0) is 24.2 Å². The van der Waals surface area contributed by atoms with Gasteiger partial charge in [0.05, 0.1) is 0 Å². The van der Waals surface area contributed by atoms with Crippen molar-refractivity contribution in [1.82, 2.24) is 10.4 Å². The van der Waals surface area contributed by atoms with E-state index in [1.807, 2.05) is 23.1 Å². The molecule has 0 bridgehead atoms. The Morgan fingerprint density at radius 3 is 2.37 bits per heavy atom. The summed E-state index contributed by atoms with van der Waals surface area (Å²) in [6, 6.07) is 18.8. The van der Waals surface area contributed by atoms with E-state index in [0.717, 1.165) is 31.1 Å². The van der Waals surface area contributed by atoms with E-state index in [1.54, 1.807) is 0 Å². The molecule has 0 aliphatic carbocycles. The highest BCUT2D eigenvalue weighted by Crippen LogP contribution is 2.28. The molecule has 0 saturated carbocycles. The van der Waals surface area contributed by atoms with E-state index in [1.165, 1.54) is 23.6 Å². The summed E-state index contributed by atoms with van der Waals surface area (Å²) < 4.78 is 29.2. The standard InChI is InChI=1S/C27H34N2O5S/c1-27(35(2,31)32,26(30)28-34-25-10-6-7-19-33-25)20-29-17-15-24(16-18-29)23-13-11-22(12-14-23)21-8-4-3-5-9-21/h3-5,8-9,11-15,25H,6-7,10,16-20H2,1-2H3,(H,28,30). The number of rotatable bonds is 8. The Hall–Kier alpha value is -2.52. The number of hydrogen-bond acceptors (Lipinski definition) is 6. The molecule has 8 heteroatoms. The molecule has 1 saturated heterocycles. The zero-order valence-electron chi connectivity index (χ0n) is 20.4. The number of nitrogens with one attached hydrogen (secondary N) is 1. The summed E-state index contributed by atoms with van der Waals surface area (Å²) in [6.45, 7) is 3.35. The van der Waals surface area contributed by atoms with E-state index in [9.17, 15) is 13.2 Å². The molecule has 2 aromatic rings. The molecule has 0 spiro atoms. The van der Waals surface area contributed by atoms with Crippen LogP contribution in [0.25, 0.3) is 16.7 Å². The summed E-state index contributed by atoms with van der Waals surface area (Å²) in [6.07, 6.45) is 6.03. The van der Waals surface area contributed by atoms with E-state index in [0.29, 0.717) is 26.1 Å². The molecule has 2 unspecified atom stereocenters. The second kappa shape index (κ2) is 11.0. The molecule has 1 fully saturated rings. The van der Waals surface area contributed by atoms with E-state index in [-0.39, 0.29) is 6.54 Å². The van der Waals surface area contributed by atoms with Crippen LogP contribution >= 0.6 is 0 Å². The minimum atomic E-state index is -3.71. The van der Waals surface area contributed by atoms with Crippen LogP contribution in [0.15, 0.2) is 60.7 Å². The molecule has 2 aliphatic rings. The van der Waals surface area contributed by atoms with Crippen LogP contribution < -0.4 is 5.48 Å². The van der Waals surface area contributed by atoms with Crippen molar-refractivity contribution in [3.63, 3.8) is 0 Å². The monoisotopic (exact) mass is 498 g/mol. The van der Waals surface area contributed by atoms with Crippen LogP contribution in [0.4, 0.5) is 0 Å². The van der Waals surface area contributed by atoms with Gasteiger partial charge >= 0.3 is 0 Å². The highest BCUT2D eigenvalue weighted by atomic mass is 32.2. The molecule has 1 N–H and O–H groups in total. The highest BCUT2D eigenvalue weighted by molar-refractivity contribution is 7.92. The summed E-state index contributed by atoms with van der Waals surface area (Å²) in [7, 11) is -3.71. The molecule has 188 valence electrons. The van der Waals surface area contributed by atoms with Crippen LogP contribution in [0.5, 0.6) is 0 Å². The maximum absolute atomic E-state index is 12.9. The summed E-state index contributed by atoms with van der Waals surface area (Å²) in [5, 5.41) is 0. The smallest absolute Gasteiger partial charge is 0.266 e. The zero-order chi connectivity index (χ0) is 24.9. The summed E-state index contributed by atoms with van der Waals surface area (Å²) in [5.74, 6) is -0.666. The normalized spacial score (nSPS) is 21.1. The van der Waals surface area contributed by atoms with Crippen LogP contribution in [0.1, 0.15) is 38.2 Å². The molecule has 1 amide bonds. The van der Waals surface area contributed by atoms with Crippen molar-refractivity contribution in [3.05, 3.63) is 66.2 Å². The Bertz CT molecular complexity index is 1140. The Morgan fingerprint density at radius 1 is 1.09 bits per heavy atom. The summed E-state index contributed by atoms with van der Waals surface area (Å²) in [4.78, 5) is 20.3. The predicted molar refractivity (Wildman–Crippen MR) is 137 cm³/mol. The van der Waals surface area contributed by atoms with Gasteiger partial charge in [-0.25, -0.2) is 18.7 Å². The number of hydroxylamine groups is 1. The number of carbonyl (C=O) groups is 1. The number of carbonyl (C=O) groups excluding carboxylic acids is 1. The van der Waals surface area contributed by atoms with Crippen molar-refractivity contribution < 1.29 is 22.8 Å². The highest BCUT2D eigenvalue weighted by Gasteiger charge is 2.45. The lowest BCUT2D eigenvalue weighted by atomic mass is 9.96. The Labute approximate surface area is 208 Å². The largest absolute Gasteiger partial charge is 0.350 e. The first-order valence-corrected chi connectivity index (χ1v) is 14.0. The zero-order valence-corrected chi connectivity index (χ0v) is 21.2. The maximum Gasteiger partial charge on any atom is 0.266 e. The van der Waals surface area contributed by atoms with Crippen molar-refractivity contribution >= 4 is 21.3 Å². The fraction of sp³-hybridized carbons (Fsp3) is 0.444. The van der Waals surface area contributed by atoms with Gasteiger partial charge in [-0.3, -0.25) is 9.69 Å². The molecule has 0 radical (unpaired) electrons. The van der Waals surface area contributed by atoms with Gasteiger partial charge in [0.2, 0.25) is 0 Å². The van der Waals surface area contributed by atoms with Gasteiger partial charge in [-0.05, 0) is 48.4 Å². The molecule has 2 atom stereocenters. The lowest BCUT2D eigenvalue weighted by Gasteiger charge is -2.35. The Kier molecular flexibility index (Phi) is 8.06. The average molecular weight is 499 g/mol. The topological polar surface area (TPSA) is 84.9 Å². The molecule has 2 aromatic carbocycles. The van der Waals surface area contributed by atoms with Gasteiger partial charge in [0, 0.05) is 38.9 Å². The molecule has 35 heavy (non-hydrogen) atoms. The molecular weight excluding hydrogens is 464 g/mol. The van der Waals surface area contributed by atoms with Crippen LogP contribution in [0.2, 0.25) is 0 Å². The van der Waals surface area contributed by atoms with Crippen molar-refractivity contribution in [1.29, 1.82) is 0 Å². The molecule has 0 aromatic heterocycles. The molecule has 7 nitrogen and oxygen atoms in total. The van der Waals surface area contributed by atoms with E-state index in [2.05, 4.69) is 48.0 Å². The second-order valence-corrected chi connectivity index (χ2v) is 12.0. The quantitative estimate of drug-likeness (QED) is 0.557. The number of sulfone groups is 1. The van der Waals surface area contributed by atoms with Crippen molar-refractivity contribution in [2.24, 2.45) is 0 Å². The number of amides is 1. The van der Waals surface area contributed by atoms with Crippen LogP contribution in [-0.4, -0.2) is 62.8 Å². The van der Waals surface area contributed by atoms with Crippen molar-refractivity contribution in [3.8, 4) is 11.1 Å². The number of benzene rings is 2. The number of ether oxygens (including phenoxy) is 1. The lowest BCUT2D eigenvalue weighted by Crippen LogP contribution is -2.57. The first-order valence-electron chi connectivity index (χ1n) is 12.1. The second-order valence-electron chi connectivity index (χ2n) is 9.51. The fourth-order valence-electron chi connectivity index (χ4n) is 4.44. The lowest BCUT2D eigenvalue weighted by molar-refractivity contribution is -0.201.